The highest BCUT2D eigenvalue weighted by Crippen LogP contribution is 2.19. The molecule has 0 unspecified atom stereocenters. The summed E-state index contributed by atoms with van der Waals surface area (Å²) in [5.74, 6) is -6.03. The van der Waals surface area contributed by atoms with Gasteiger partial charge in [0.1, 0.15) is 0 Å². The summed E-state index contributed by atoms with van der Waals surface area (Å²) < 4.78 is 41.0. The van der Waals surface area contributed by atoms with Crippen LogP contribution in [0, 0.1) is 24.4 Å². The van der Waals surface area contributed by atoms with Crippen LogP contribution >= 0.6 is 0 Å². The molecule has 150 valence electrons. The Balaban J connectivity index is 1.61. The summed E-state index contributed by atoms with van der Waals surface area (Å²) in [7, 11) is 0. The van der Waals surface area contributed by atoms with Gasteiger partial charge in [0.25, 0.3) is 5.91 Å². The molecule has 7 nitrogen and oxygen atoms in total. The lowest BCUT2D eigenvalue weighted by Crippen LogP contribution is -2.33. The third kappa shape index (κ3) is 4.21. The maximum Gasteiger partial charge on any atom is 0.330 e. The number of rotatable bonds is 5. The molecule has 0 spiro atoms. The minimum Gasteiger partial charge on any atom is -0.343 e. The highest BCUT2D eigenvalue weighted by atomic mass is 19.2. The highest BCUT2D eigenvalue weighted by Gasteiger charge is 2.16. The molecule has 0 fully saturated rings. The third-order valence-corrected chi connectivity index (χ3v) is 4.07. The summed E-state index contributed by atoms with van der Waals surface area (Å²) in [5.41, 5.74) is 0.604. The molecular weight excluding hydrogens is 389 g/mol. The second-order valence-corrected chi connectivity index (χ2v) is 6.07. The van der Waals surface area contributed by atoms with Crippen LogP contribution in [-0.2, 0) is 4.79 Å². The number of aryl methyl sites for hydroxylation is 1. The number of halogens is 3. The molecule has 1 heterocycles. The number of aromatic nitrogens is 2. The van der Waals surface area contributed by atoms with E-state index in [9.17, 15) is 27.6 Å². The lowest BCUT2D eigenvalue weighted by atomic mass is 10.2. The Bertz CT molecular complexity index is 1140. The summed E-state index contributed by atoms with van der Waals surface area (Å²) >= 11 is 0. The fourth-order valence-corrected chi connectivity index (χ4v) is 2.62. The molecule has 10 heteroatoms. The van der Waals surface area contributed by atoms with Gasteiger partial charge in [-0.2, -0.15) is 0 Å². The first kappa shape index (κ1) is 19.9. The number of hydrogen-bond donors (Lipinski definition) is 3. The maximum atomic E-state index is 13.6. The number of H-pyrrole nitrogens is 1. The van der Waals surface area contributed by atoms with Gasteiger partial charge in [-0.15, -0.1) is 0 Å². The zero-order valence-corrected chi connectivity index (χ0v) is 15.1. The van der Waals surface area contributed by atoms with Crippen LogP contribution in [0.1, 0.15) is 16.1 Å². The van der Waals surface area contributed by atoms with Gasteiger partial charge in [0, 0.05) is 17.5 Å². The Kier molecular flexibility index (Phi) is 5.53. The van der Waals surface area contributed by atoms with Crippen molar-refractivity contribution in [2.75, 3.05) is 11.9 Å². The van der Waals surface area contributed by atoms with Crippen molar-refractivity contribution in [1.29, 1.82) is 0 Å². The van der Waals surface area contributed by atoms with E-state index < -0.39 is 41.5 Å². The lowest BCUT2D eigenvalue weighted by molar-refractivity contribution is -0.115. The molecule has 0 radical (unpaired) electrons. The summed E-state index contributed by atoms with van der Waals surface area (Å²) in [5, 5.41) is 4.37. The average Bonchev–Trinajstić information content (AvgIpc) is 3.05. The molecule has 0 aliphatic rings. The Morgan fingerprint density at radius 2 is 1.72 bits per heavy atom. The summed E-state index contributed by atoms with van der Waals surface area (Å²) in [4.78, 5) is 38.3. The van der Waals surface area contributed by atoms with Crippen molar-refractivity contribution in [3.8, 4) is 5.69 Å². The number of carbonyl (C=O) groups is 2. The fraction of sp³-hybridized carbons (Fsp3) is 0.105. The molecular formula is C19H15F3N4O3. The molecule has 0 bridgehead atoms. The predicted octanol–water partition coefficient (Wildman–Crippen LogP) is 2.26. The standard InChI is InChI=1S/C19H15F3N4O3/c1-10-8-24-19(29)26(10)12-4-2-11(3-5-12)18(28)23-9-15(27)25-14-7-6-13(20)16(21)17(14)22/h2-8H,9H2,1H3,(H,23,28)(H,24,29)(H,25,27). The van der Waals surface area contributed by atoms with E-state index in [2.05, 4.69) is 10.3 Å². The first-order valence-electron chi connectivity index (χ1n) is 8.37. The number of nitrogens with zero attached hydrogens (tertiary/aromatic N) is 1. The van der Waals surface area contributed by atoms with Gasteiger partial charge in [0.05, 0.1) is 17.9 Å². The second kappa shape index (κ2) is 8.05. The number of anilines is 1. The number of aromatic amines is 1. The van der Waals surface area contributed by atoms with Gasteiger partial charge < -0.3 is 15.6 Å². The first-order chi connectivity index (χ1) is 13.8. The van der Waals surface area contributed by atoms with Crippen molar-refractivity contribution in [2.45, 2.75) is 6.92 Å². The Morgan fingerprint density at radius 1 is 1.03 bits per heavy atom. The smallest absolute Gasteiger partial charge is 0.330 e. The number of nitrogens with one attached hydrogen (secondary N) is 3. The van der Waals surface area contributed by atoms with Gasteiger partial charge in [-0.25, -0.2) is 18.0 Å². The third-order valence-electron chi connectivity index (χ3n) is 4.07. The zero-order chi connectivity index (χ0) is 21.1. The number of benzene rings is 2. The maximum absolute atomic E-state index is 13.6. The number of imidazole rings is 1. The van der Waals surface area contributed by atoms with Crippen LogP contribution in [-0.4, -0.2) is 27.9 Å². The van der Waals surface area contributed by atoms with E-state index in [0.29, 0.717) is 17.4 Å². The van der Waals surface area contributed by atoms with Crippen LogP contribution in [0.3, 0.4) is 0 Å². The van der Waals surface area contributed by atoms with Crippen LogP contribution in [0.2, 0.25) is 0 Å². The number of amides is 2. The summed E-state index contributed by atoms with van der Waals surface area (Å²) in [6.45, 7) is 1.22. The van der Waals surface area contributed by atoms with Gasteiger partial charge in [-0.05, 0) is 43.3 Å². The Morgan fingerprint density at radius 3 is 2.34 bits per heavy atom. The molecule has 1 aromatic heterocycles. The Labute approximate surface area is 162 Å². The normalized spacial score (nSPS) is 10.6. The van der Waals surface area contributed by atoms with Crippen molar-refractivity contribution in [1.82, 2.24) is 14.9 Å². The van der Waals surface area contributed by atoms with Gasteiger partial charge in [-0.3, -0.25) is 14.2 Å². The molecule has 3 aromatic rings. The van der Waals surface area contributed by atoms with Crippen molar-refractivity contribution in [3.05, 3.63) is 81.8 Å². The second-order valence-electron chi connectivity index (χ2n) is 6.07. The molecule has 2 amide bonds. The van der Waals surface area contributed by atoms with Crippen molar-refractivity contribution < 1.29 is 22.8 Å². The fourth-order valence-electron chi connectivity index (χ4n) is 2.62. The minimum atomic E-state index is -1.70. The molecule has 0 aliphatic heterocycles. The van der Waals surface area contributed by atoms with Gasteiger partial charge in [-0.1, -0.05) is 0 Å². The summed E-state index contributed by atoms with van der Waals surface area (Å²) in [6.07, 6.45) is 1.55. The van der Waals surface area contributed by atoms with E-state index in [1.807, 2.05) is 5.32 Å². The van der Waals surface area contributed by atoms with Gasteiger partial charge >= 0.3 is 5.69 Å². The van der Waals surface area contributed by atoms with Crippen molar-refractivity contribution in [2.24, 2.45) is 0 Å². The van der Waals surface area contributed by atoms with E-state index in [1.165, 1.54) is 16.7 Å². The SMILES string of the molecule is Cc1c[nH]c(=O)n1-c1ccc(C(=O)NCC(=O)Nc2ccc(F)c(F)c2F)cc1. The zero-order valence-electron chi connectivity index (χ0n) is 15.1. The van der Waals surface area contributed by atoms with Gasteiger partial charge in [0.2, 0.25) is 5.91 Å². The largest absolute Gasteiger partial charge is 0.343 e. The van der Waals surface area contributed by atoms with Crippen molar-refractivity contribution >= 4 is 17.5 Å². The monoisotopic (exact) mass is 404 g/mol. The molecule has 0 aliphatic carbocycles. The van der Waals surface area contributed by atoms with Crippen molar-refractivity contribution in [3.63, 3.8) is 0 Å². The molecule has 0 saturated carbocycles. The van der Waals surface area contributed by atoms with Crippen LogP contribution in [0.4, 0.5) is 18.9 Å². The van der Waals surface area contributed by atoms with Gasteiger partial charge in [0.15, 0.2) is 17.5 Å². The molecule has 3 rings (SSSR count). The summed E-state index contributed by atoms with van der Waals surface area (Å²) in [6, 6.07) is 7.61. The lowest BCUT2D eigenvalue weighted by Gasteiger charge is -2.09. The van der Waals surface area contributed by atoms with Crippen LogP contribution < -0.4 is 16.3 Å². The van der Waals surface area contributed by atoms with E-state index in [4.69, 9.17) is 0 Å². The molecule has 2 aromatic carbocycles. The minimum absolute atomic E-state index is 0.224. The van der Waals surface area contributed by atoms with E-state index >= 15 is 0 Å². The van der Waals surface area contributed by atoms with Crippen LogP contribution in [0.15, 0.2) is 47.4 Å². The topological polar surface area (TPSA) is 96.0 Å². The number of hydrogen-bond acceptors (Lipinski definition) is 3. The molecule has 29 heavy (non-hydrogen) atoms. The first-order valence-corrected chi connectivity index (χ1v) is 8.37. The molecule has 0 atom stereocenters. The molecule has 3 N–H and O–H groups in total. The number of carbonyl (C=O) groups excluding carboxylic acids is 2. The van der Waals surface area contributed by atoms with Crippen LogP contribution in [0.25, 0.3) is 5.69 Å². The highest BCUT2D eigenvalue weighted by molar-refractivity contribution is 5.99. The average molecular weight is 404 g/mol. The van der Waals surface area contributed by atoms with E-state index in [-0.39, 0.29) is 11.3 Å². The predicted molar refractivity (Wildman–Crippen MR) is 98.4 cm³/mol. The molecule has 0 saturated heterocycles. The van der Waals surface area contributed by atoms with E-state index in [0.717, 1.165) is 6.07 Å². The van der Waals surface area contributed by atoms with E-state index in [1.54, 1.807) is 25.3 Å². The van der Waals surface area contributed by atoms with Crippen LogP contribution in [0.5, 0.6) is 0 Å². The Hall–Kier alpha value is -3.82. The quantitative estimate of drug-likeness (QED) is 0.569.